The van der Waals surface area contributed by atoms with E-state index in [0.717, 1.165) is 17.8 Å². The summed E-state index contributed by atoms with van der Waals surface area (Å²) >= 11 is 0. The van der Waals surface area contributed by atoms with Crippen LogP contribution in [0.1, 0.15) is 105 Å². The number of rotatable bonds is 8. The van der Waals surface area contributed by atoms with Crippen molar-refractivity contribution in [3.63, 3.8) is 0 Å². The Bertz CT molecular complexity index is 3060. The lowest BCUT2D eigenvalue weighted by Crippen LogP contribution is -2.48. The van der Waals surface area contributed by atoms with Crippen molar-refractivity contribution in [1.29, 1.82) is 0 Å². The van der Waals surface area contributed by atoms with Crippen molar-refractivity contribution in [2.75, 3.05) is 4.90 Å². The fourth-order valence-electron chi connectivity index (χ4n) is 11.9. The first-order chi connectivity index (χ1) is 30.7. The van der Waals surface area contributed by atoms with Crippen LogP contribution in [0.25, 0.3) is 34.4 Å². The maximum absolute atomic E-state index is 2.56. The van der Waals surface area contributed by atoms with Gasteiger partial charge >= 0.3 is 0 Å². The number of anilines is 3. The summed E-state index contributed by atoms with van der Waals surface area (Å²) in [5.74, 6) is 0.568. The second kappa shape index (κ2) is 15.7. The minimum absolute atomic E-state index is 0.0671. The molecule has 0 aromatic heterocycles. The fraction of sp³-hybridized carbons (Fsp3) is 0.226. The molecule has 7 aromatic carbocycles. The SMILES string of the molecule is CC1=CC(C)CC(C)=C1B(c1ccc2c(c1)C(C)(C)c1cc(C=Cc3ccc(N(c4ccccc4)c4ccc5c(c4)C(C)(C)c4ccccc4-5)cc3)ccc1-2)c1c(C)cc(C)cc1C. The third-order valence-electron chi connectivity index (χ3n) is 14.9. The summed E-state index contributed by atoms with van der Waals surface area (Å²) in [5.41, 5.74) is 28.0. The molecule has 0 heterocycles. The van der Waals surface area contributed by atoms with E-state index in [4.69, 9.17) is 0 Å². The van der Waals surface area contributed by atoms with E-state index in [0.29, 0.717) is 5.92 Å². The van der Waals surface area contributed by atoms with E-state index in [-0.39, 0.29) is 17.5 Å². The summed E-state index contributed by atoms with van der Waals surface area (Å²) in [6, 6.07) is 54.9. The Morgan fingerprint density at radius 1 is 0.516 bits per heavy atom. The van der Waals surface area contributed by atoms with Gasteiger partial charge < -0.3 is 4.90 Å². The average molecular weight is 830 g/mol. The number of allylic oxidation sites excluding steroid dienone is 4. The zero-order valence-corrected chi connectivity index (χ0v) is 39.4. The minimum Gasteiger partial charge on any atom is -0.310 e. The maximum Gasteiger partial charge on any atom is 0.242 e. The molecule has 0 saturated carbocycles. The molecule has 1 atom stereocenters. The molecule has 2 heteroatoms. The van der Waals surface area contributed by atoms with E-state index in [1.54, 1.807) is 0 Å². The highest BCUT2D eigenvalue weighted by molar-refractivity contribution is 6.92. The van der Waals surface area contributed by atoms with Crippen LogP contribution in [-0.2, 0) is 10.8 Å². The molecular formula is C62H60BN. The van der Waals surface area contributed by atoms with Gasteiger partial charge in [0.05, 0.1) is 0 Å². The van der Waals surface area contributed by atoms with E-state index in [2.05, 4.69) is 238 Å². The molecule has 64 heavy (non-hydrogen) atoms. The molecule has 0 N–H and O–H groups in total. The molecule has 0 amide bonds. The van der Waals surface area contributed by atoms with E-state index >= 15 is 0 Å². The lowest BCUT2D eigenvalue weighted by Gasteiger charge is -2.30. The van der Waals surface area contributed by atoms with Gasteiger partial charge in [-0.1, -0.05) is 206 Å². The highest BCUT2D eigenvalue weighted by atomic mass is 15.1. The molecule has 0 bridgehead atoms. The molecule has 0 spiro atoms. The number of benzene rings is 7. The molecule has 10 rings (SSSR count). The molecule has 0 aliphatic heterocycles. The number of hydrogen-bond donors (Lipinski definition) is 0. The van der Waals surface area contributed by atoms with Gasteiger partial charge in [-0.25, -0.2) is 0 Å². The van der Waals surface area contributed by atoms with Crippen molar-refractivity contribution in [2.45, 2.75) is 86.5 Å². The topological polar surface area (TPSA) is 3.24 Å². The van der Waals surface area contributed by atoms with E-state index in [9.17, 15) is 0 Å². The van der Waals surface area contributed by atoms with E-state index in [1.165, 1.54) is 106 Å². The predicted molar refractivity (Wildman–Crippen MR) is 278 cm³/mol. The molecule has 7 aromatic rings. The Hall–Kier alpha value is -6.38. The van der Waals surface area contributed by atoms with Crippen LogP contribution in [0, 0.1) is 26.7 Å². The molecular weight excluding hydrogens is 770 g/mol. The van der Waals surface area contributed by atoms with Crippen LogP contribution in [0.15, 0.2) is 168 Å². The molecule has 0 fully saturated rings. The average Bonchev–Trinajstić information content (AvgIpc) is 3.64. The van der Waals surface area contributed by atoms with Gasteiger partial charge in [0.2, 0.25) is 6.71 Å². The quantitative estimate of drug-likeness (QED) is 0.109. The summed E-state index contributed by atoms with van der Waals surface area (Å²) in [7, 11) is 0. The van der Waals surface area contributed by atoms with Gasteiger partial charge in [-0.05, 0) is 139 Å². The van der Waals surface area contributed by atoms with Gasteiger partial charge in [0.25, 0.3) is 0 Å². The van der Waals surface area contributed by atoms with Crippen LogP contribution in [0.3, 0.4) is 0 Å². The zero-order chi connectivity index (χ0) is 44.7. The first-order valence-corrected chi connectivity index (χ1v) is 23.3. The Morgan fingerprint density at radius 3 is 1.75 bits per heavy atom. The van der Waals surface area contributed by atoms with E-state index in [1.807, 2.05) is 0 Å². The summed E-state index contributed by atoms with van der Waals surface area (Å²) in [6.07, 6.45) is 8.15. The Balaban J connectivity index is 0.950. The van der Waals surface area contributed by atoms with Crippen molar-refractivity contribution < 1.29 is 0 Å². The summed E-state index contributed by atoms with van der Waals surface area (Å²) in [6.45, 7) is 23.7. The lowest BCUT2D eigenvalue weighted by atomic mass is 9.32. The highest BCUT2D eigenvalue weighted by Crippen LogP contribution is 2.51. The Kier molecular flexibility index (Phi) is 10.2. The second-order valence-electron chi connectivity index (χ2n) is 20.2. The fourth-order valence-corrected chi connectivity index (χ4v) is 11.9. The molecule has 0 radical (unpaired) electrons. The normalized spacial score (nSPS) is 16.6. The molecule has 1 nitrogen and oxygen atoms in total. The van der Waals surface area contributed by atoms with Gasteiger partial charge in [-0.15, -0.1) is 0 Å². The number of para-hydroxylation sites is 1. The van der Waals surface area contributed by atoms with Gasteiger partial charge in [0, 0.05) is 27.9 Å². The van der Waals surface area contributed by atoms with Gasteiger partial charge in [0.1, 0.15) is 0 Å². The molecule has 3 aliphatic rings. The Labute approximate surface area is 383 Å². The van der Waals surface area contributed by atoms with Crippen LogP contribution >= 0.6 is 0 Å². The number of fused-ring (bicyclic) bond motifs is 6. The first kappa shape index (κ1) is 41.6. The largest absolute Gasteiger partial charge is 0.310 e. The smallest absolute Gasteiger partial charge is 0.242 e. The van der Waals surface area contributed by atoms with Gasteiger partial charge in [-0.2, -0.15) is 0 Å². The maximum atomic E-state index is 2.56. The number of aryl methyl sites for hydroxylation is 3. The predicted octanol–water partition coefficient (Wildman–Crippen LogP) is 15.3. The van der Waals surface area contributed by atoms with Crippen molar-refractivity contribution in [3.8, 4) is 22.3 Å². The monoisotopic (exact) mass is 829 g/mol. The summed E-state index contributed by atoms with van der Waals surface area (Å²) < 4.78 is 0. The zero-order valence-electron chi connectivity index (χ0n) is 39.4. The van der Waals surface area contributed by atoms with Crippen LogP contribution in [0.4, 0.5) is 17.1 Å². The van der Waals surface area contributed by atoms with Gasteiger partial charge in [0.15, 0.2) is 0 Å². The van der Waals surface area contributed by atoms with Crippen LogP contribution in [0.5, 0.6) is 0 Å². The van der Waals surface area contributed by atoms with Crippen molar-refractivity contribution >= 4 is 46.9 Å². The molecule has 0 saturated heterocycles. The molecule has 3 aliphatic carbocycles. The first-order valence-electron chi connectivity index (χ1n) is 23.3. The standard InChI is InChI=1S/C62H60BN/c1-39-32-41(3)59(42(4)33-39)63(60-43(5)34-40(2)35-44(60)6)47-25-30-53-52-29-24-46(36-56(52)62(9,10)57(53)37-47)21-20-45-22-26-49(27-23-45)64(48-16-12-11-13-17-48)50-28-31-54-51-18-14-15-19-55(51)61(7,8)58(54)38-50/h11-34,36-38,40H,35H2,1-10H3. The third kappa shape index (κ3) is 6.94. The minimum atomic E-state index is -0.139. The van der Waals surface area contributed by atoms with Crippen LogP contribution < -0.4 is 15.8 Å². The van der Waals surface area contributed by atoms with Crippen molar-refractivity contribution in [2.24, 2.45) is 5.92 Å². The van der Waals surface area contributed by atoms with E-state index < -0.39 is 0 Å². The third-order valence-corrected chi connectivity index (χ3v) is 14.9. The summed E-state index contributed by atoms with van der Waals surface area (Å²) in [4.78, 5) is 2.38. The molecule has 316 valence electrons. The van der Waals surface area contributed by atoms with Crippen molar-refractivity contribution in [3.05, 3.63) is 218 Å². The Morgan fingerprint density at radius 2 is 1.05 bits per heavy atom. The highest BCUT2D eigenvalue weighted by Gasteiger charge is 2.39. The summed E-state index contributed by atoms with van der Waals surface area (Å²) in [5, 5.41) is 0. The van der Waals surface area contributed by atoms with Crippen LogP contribution in [-0.4, -0.2) is 6.71 Å². The van der Waals surface area contributed by atoms with Crippen LogP contribution in [0.2, 0.25) is 0 Å². The number of hydrogen-bond acceptors (Lipinski definition) is 1. The van der Waals surface area contributed by atoms with Gasteiger partial charge in [-0.3, -0.25) is 0 Å². The number of nitrogens with zero attached hydrogens (tertiary/aromatic N) is 1. The molecule has 1 unspecified atom stereocenters. The lowest BCUT2D eigenvalue weighted by molar-refractivity contribution is 0.660. The van der Waals surface area contributed by atoms with Crippen molar-refractivity contribution in [1.82, 2.24) is 0 Å². The second-order valence-corrected chi connectivity index (χ2v) is 20.2.